The van der Waals surface area contributed by atoms with Crippen molar-refractivity contribution in [1.82, 2.24) is 9.88 Å². The van der Waals surface area contributed by atoms with Crippen LogP contribution in [0, 0.1) is 13.8 Å². The Bertz CT molecular complexity index is 1020. The van der Waals surface area contributed by atoms with Crippen LogP contribution in [-0.4, -0.2) is 49.1 Å². The molecule has 168 valence electrons. The molecule has 0 N–H and O–H groups in total. The van der Waals surface area contributed by atoms with Crippen LogP contribution in [-0.2, 0) is 0 Å². The Labute approximate surface area is 195 Å². The molecule has 0 aliphatic rings. The number of hydrogen-bond donors (Lipinski definition) is 0. The number of aryl methyl sites for hydroxylation is 2. The topological polar surface area (TPSA) is 45.7 Å². The number of aromatic nitrogens is 1. The average Bonchev–Trinajstić information content (AvgIpc) is 3.12. The van der Waals surface area contributed by atoms with Gasteiger partial charge in [0.1, 0.15) is 5.75 Å². The number of fused-ring (bicyclic) bond motifs is 1. The standard InChI is InChI=1S/C24H31N3O2S.ClH/c1-16(2)29-20-11-9-19(10-12-20)23(28)27(15-7-14-26(5)6)24-25-22-18(4)17(3)8-13-21(22)30-24;/h8-13,16H,7,14-15H2,1-6H3;1H. The third kappa shape index (κ3) is 6.19. The van der Waals surface area contributed by atoms with Crippen LogP contribution < -0.4 is 9.64 Å². The highest BCUT2D eigenvalue weighted by Gasteiger charge is 2.22. The monoisotopic (exact) mass is 461 g/mol. The maximum absolute atomic E-state index is 13.4. The van der Waals surface area contributed by atoms with Crippen molar-refractivity contribution in [2.24, 2.45) is 0 Å². The zero-order valence-electron chi connectivity index (χ0n) is 19.1. The van der Waals surface area contributed by atoms with Crippen molar-refractivity contribution in [3.8, 4) is 5.75 Å². The number of benzene rings is 2. The van der Waals surface area contributed by atoms with E-state index in [9.17, 15) is 4.79 Å². The van der Waals surface area contributed by atoms with Gasteiger partial charge in [-0.15, -0.1) is 12.4 Å². The Morgan fingerprint density at radius 1 is 1.06 bits per heavy atom. The van der Waals surface area contributed by atoms with Crippen LogP contribution in [0.5, 0.6) is 5.75 Å². The van der Waals surface area contributed by atoms with Crippen molar-refractivity contribution in [2.45, 2.75) is 40.2 Å². The maximum Gasteiger partial charge on any atom is 0.260 e. The highest BCUT2D eigenvalue weighted by Crippen LogP contribution is 2.33. The summed E-state index contributed by atoms with van der Waals surface area (Å²) in [4.78, 5) is 22.2. The number of ether oxygens (including phenoxy) is 1. The van der Waals surface area contributed by atoms with Crippen molar-refractivity contribution < 1.29 is 9.53 Å². The fraction of sp³-hybridized carbons (Fsp3) is 0.417. The summed E-state index contributed by atoms with van der Waals surface area (Å²) in [5.74, 6) is 0.741. The van der Waals surface area contributed by atoms with Gasteiger partial charge in [-0.25, -0.2) is 4.98 Å². The molecule has 3 aromatic rings. The first-order valence-corrected chi connectivity index (χ1v) is 11.2. The molecule has 0 aliphatic heterocycles. The largest absolute Gasteiger partial charge is 0.491 e. The van der Waals surface area contributed by atoms with Gasteiger partial charge in [-0.1, -0.05) is 17.4 Å². The van der Waals surface area contributed by atoms with Gasteiger partial charge >= 0.3 is 0 Å². The van der Waals surface area contributed by atoms with Gasteiger partial charge in [-0.2, -0.15) is 0 Å². The van der Waals surface area contributed by atoms with Gasteiger partial charge in [0.15, 0.2) is 5.13 Å². The lowest BCUT2D eigenvalue weighted by Crippen LogP contribution is -2.33. The zero-order valence-corrected chi connectivity index (χ0v) is 20.8. The number of hydrogen-bond acceptors (Lipinski definition) is 5. The first kappa shape index (κ1) is 25.1. The van der Waals surface area contributed by atoms with Gasteiger partial charge in [0, 0.05) is 12.1 Å². The number of amides is 1. The van der Waals surface area contributed by atoms with E-state index in [1.54, 1.807) is 11.3 Å². The molecule has 5 nitrogen and oxygen atoms in total. The molecule has 0 saturated carbocycles. The molecule has 0 atom stereocenters. The van der Waals surface area contributed by atoms with E-state index in [0.29, 0.717) is 12.1 Å². The Hall–Kier alpha value is -2.15. The second-order valence-corrected chi connectivity index (χ2v) is 9.16. The minimum Gasteiger partial charge on any atom is -0.491 e. The van der Waals surface area contributed by atoms with Crippen molar-refractivity contribution in [3.05, 3.63) is 53.1 Å². The van der Waals surface area contributed by atoms with Gasteiger partial charge in [0.25, 0.3) is 5.91 Å². The molecule has 1 heterocycles. The van der Waals surface area contributed by atoms with E-state index in [4.69, 9.17) is 9.72 Å². The van der Waals surface area contributed by atoms with Crippen molar-refractivity contribution in [2.75, 3.05) is 32.1 Å². The summed E-state index contributed by atoms with van der Waals surface area (Å²) in [6.07, 6.45) is 0.977. The number of carbonyl (C=O) groups is 1. The third-order valence-corrected chi connectivity index (χ3v) is 6.05. The van der Waals surface area contributed by atoms with Crippen LogP contribution in [0.25, 0.3) is 10.2 Å². The molecule has 0 saturated heterocycles. The minimum atomic E-state index is -0.0294. The quantitative estimate of drug-likeness (QED) is 0.430. The molecule has 31 heavy (non-hydrogen) atoms. The summed E-state index contributed by atoms with van der Waals surface area (Å²) in [5.41, 5.74) is 4.01. The molecule has 1 amide bonds. The molecule has 2 aromatic carbocycles. The van der Waals surface area contributed by atoms with Gasteiger partial charge in [-0.3, -0.25) is 9.69 Å². The maximum atomic E-state index is 13.4. The predicted octanol–water partition coefficient (Wildman–Crippen LogP) is 5.72. The van der Waals surface area contributed by atoms with Gasteiger partial charge in [-0.05, 0) is 96.2 Å². The summed E-state index contributed by atoms with van der Waals surface area (Å²) < 4.78 is 6.82. The fourth-order valence-electron chi connectivity index (χ4n) is 3.26. The third-order valence-electron chi connectivity index (χ3n) is 5.01. The van der Waals surface area contributed by atoms with Gasteiger partial charge in [0.2, 0.25) is 0 Å². The summed E-state index contributed by atoms with van der Waals surface area (Å²) >= 11 is 1.58. The lowest BCUT2D eigenvalue weighted by atomic mass is 10.1. The first-order chi connectivity index (χ1) is 14.3. The highest BCUT2D eigenvalue weighted by atomic mass is 35.5. The van der Waals surface area contributed by atoms with E-state index >= 15 is 0 Å². The van der Waals surface area contributed by atoms with E-state index in [1.165, 1.54) is 11.1 Å². The molecule has 0 spiro atoms. The predicted molar refractivity (Wildman–Crippen MR) is 133 cm³/mol. The van der Waals surface area contributed by atoms with Crippen LogP contribution in [0.4, 0.5) is 5.13 Å². The minimum absolute atomic E-state index is 0. The Balaban J connectivity index is 0.00000341. The van der Waals surface area contributed by atoms with E-state index in [2.05, 4.69) is 30.9 Å². The Morgan fingerprint density at radius 2 is 1.74 bits per heavy atom. The lowest BCUT2D eigenvalue weighted by molar-refractivity contribution is 0.0986. The molecule has 0 bridgehead atoms. The van der Waals surface area contributed by atoms with Crippen molar-refractivity contribution >= 4 is 45.0 Å². The normalized spacial score (nSPS) is 11.1. The van der Waals surface area contributed by atoms with Crippen LogP contribution in [0.1, 0.15) is 41.8 Å². The van der Waals surface area contributed by atoms with E-state index in [0.717, 1.165) is 34.1 Å². The summed E-state index contributed by atoms with van der Waals surface area (Å²) in [7, 11) is 4.09. The van der Waals surface area contributed by atoms with Crippen LogP contribution >= 0.6 is 23.7 Å². The fourth-order valence-corrected chi connectivity index (χ4v) is 4.31. The molecule has 1 aromatic heterocycles. The van der Waals surface area contributed by atoms with Crippen LogP contribution in [0.15, 0.2) is 36.4 Å². The van der Waals surface area contributed by atoms with Gasteiger partial charge < -0.3 is 9.64 Å². The molecular formula is C24H32ClN3O2S. The summed E-state index contributed by atoms with van der Waals surface area (Å²) in [6.45, 7) is 9.69. The van der Waals surface area contributed by atoms with E-state index in [-0.39, 0.29) is 24.4 Å². The number of halogens is 1. The highest BCUT2D eigenvalue weighted by molar-refractivity contribution is 7.22. The van der Waals surface area contributed by atoms with Crippen LogP contribution in [0.3, 0.4) is 0 Å². The van der Waals surface area contributed by atoms with E-state index in [1.807, 2.05) is 57.1 Å². The molecular weight excluding hydrogens is 430 g/mol. The molecule has 0 unspecified atom stereocenters. The summed E-state index contributed by atoms with van der Waals surface area (Å²) in [5, 5.41) is 0.755. The molecule has 3 rings (SSSR count). The van der Waals surface area contributed by atoms with Crippen molar-refractivity contribution in [1.29, 1.82) is 0 Å². The number of thiazole rings is 1. The zero-order chi connectivity index (χ0) is 21.8. The van der Waals surface area contributed by atoms with Gasteiger partial charge in [0.05, 0.1) is 16.3 Å². The van der Waals surface area contributed by atoms with Crippen molar-refractivity contribution in [3.63, 3.8) is 0 Å². The number of nitrogens with zero attached hydrogens (tertiary/aromatic N) is 3. The Morgan fingerprint density at radius 3 is 2.35 bits per heavy atom. The summed E-state index contributed by atoms with van der Waals surface area (Å²) in [6, 6.07) is 11.6. The average molecular weight is 462 g/mol. The van der Waals surface area contributed by atoms with Crippen LogP contribution in [0.2, 0.25) is 0 Å². The lowest BCUT2D eigenvalue weighted by Gasteiger charge is -2.21. The molecule has 0 radical (unpaired) electrons. The van der Waals surface area contributed by atoms with E-state index < -0.39 is 0 Å². The Kier molecular flexibility index (Phi) is 8.86. The molecule has 7 heteroatoms. The second-order valence-electron chi connectivity index (χ2n) is 8.16. The molecule has 0 fully saturated rings. The smallest absolute Gasteiger partial charge is 0.260 e. The first-order valence-electron chi connectivity index (χ1n) is 10.4. The SMILES string of the molecule is Cc1ccc2sc(N(CCCN(C)C)C(=O)c3ccc(OC(C)C)cc3)nc2c1C.Cl. The number of carbonyl (C=O) groups excluding carboxylic acids is 1. The second kappa shape index (κ2) is 10.9. The molecule has 0 aliphatic carbocycles. The number of anilines is 1. The number of rotatable bonds is 8.